The summed E-state index contributed by atoms with van der Waals surface area (Å²) in [4.78, 5) is 29.9. The van der Waals surface area contributed by atoms with E-state index in [0.29, 0.717) is 22.9 Å². The lowest BCUT2D eigenvalue weighted by atomic mass is 10.0. The van der Waals surface area contributed by atoms with Crippen molar-refractivity contribution in [3.63, 3.8) is 0 Å². The number of nitrogens with one attached hydrogen (secondary N) is 1. The molecule has 1 aromatic heterocycles. The molecule has 1 amide bonds. The topological polar surface area (TPSA) is 82.5 Å². The Labute approximate surface area is 184 Å². The third-order valence-corrected chi connectivity index (χ3v) is 5.07. The first-order chi connectivity index (χ1) is 14.7. The van der Waals surface area contributed by atoms with Crippen molar-refractivity contribution in [3.8, 4) is 0 Å². The van der Waals surface area contributed by atoms with Crippen molar-refractivity contribution in [1.82, 2.24) is 10.3 Å². The van der Waals surface area contributed by atoms with Crippen LogP contribution in [0, 0.1) is 5.82 Å². The van der Waals surface area contributed by atoms with E-state index in [4.69, 9.17) is 16.7 Å². The zero-order chi connectivity index (χ0) is 22.5. The van der Waals surface area contributed by atoms with E-state index in [1.54, 1.807) is 48.3 Å². The largest absolute Gasteiger partial charge is 0.478 e. The van der Waals surface area contributed by atoms with Gasteiger partial charge in [0.2, 0.25) is 0 Å². The molecule has 160 valence electrons. The van der Waals surface area contributed by atoms with Crippen LogP contribution in [0.2, 0.25) is 5.02 Å². The first kappa shape index (κ1) is 22.2. The number of carbonyl (C=O) groups is 2. The summed E-state index contributed by atoms with van der Waals surface area (Å²) >= 11 is 6.13. The van der Waals surface area contributed by atoms with Gasteiger partial charge in [-0.2, -0.15) is 0 Å². The van der Waals surface area contributed by atoms with E-state index in [0.717, 1.165) is 17.3 Å². The lowest BCUT2D eigenvalue weighted by molar-refractivity contribution is 0.0696. The van der Waals surface area contributed by atoms with Crippen LogP contribution in [0.3, 0.4) is 0 Å². The van der Waals surface area contributed by atoms with Gasteiger partial charge in [0.25, 0.3) is 5.91 Å². The van der Waals surface area contributed by atoms with Gasteiger partial charge < -0.3 is 15.3 Å². The summed E-state index contributed by atoms with van der Waals surface area (Å²) in [7, 11) is 1.79. The molecular formula is C23H21ClFN3O3. The zero-order valence-corrected chi connectivity index (χ0v) is 17.7. The Bertz CT molecular complexity index is 1090. The fourth-order valence-electron chi connectivity index (χ4n) is 3.10. The number of carboxylic acid groups (broad SMARTS) is 1. The predicted octanol–water partition coefficient (Wildman–Crippen LogP) is 4.70. The standard InChI is InChI=1S/C23H21ClFN3O3/c1-14(15-3-5-16(6-4-15)23(30)31)27-22(29)20-11-18(24)8-7-17(20)13-28(2)21-10-9-19(25)12-26-21/h3-12,14H,13H2,1-2H3,(H,27,29)(H,30,31)/t14-/m0/s1. The van der Waals surface area contributed by atoms with Gasteiger partial charge in [-0.15, -0.1) is 0 Å². The molecule has 0 aliphatic rings. The van der Waals surface area contributed by atoms with Crippen molar-refractivity contribution in [1.29, 1.82) is 0 Å². The monoisotopic (exact) mass is 441 g/mol. The van der Waals surface area contributed by atoms with Gasteiger partial charge in [-0.1, -0.05) is 29.8 Å². The van der Waals surface area contributed by atoms with E-state index < -0.39 is 11.8 Å². The highest BCUT2D eigenvalue weighted by molar-refractivity contribution is 6.31. The van der Waals surface area contributed by atoms with Crippen molar-refractivity contribution in [3.05, 3.63) is 93.9 Å². The van der Waals surface area contributed by atoms with Crippen LogP contribution in [-0.2, 0) is 6.54 Å². The molecule has 31 heavy (non-hydrogen) atoms. The van der Waals surface area contributed by atoms with Gasteiger partial charge in [0, 0.05) is 24.2 Å². The Balaban J connectivity index is 1.77. The molecule has 0 aliphatic carbocycles. The maximum absolute atomic E-state index is 13.1. The number of halogens is 2. The fraction of sp³-hybridized carbons (Fsp3) is 0.174. The highest BCUT2D eigenvalue weighted by Gasteiger charge is 2.17. The maximum atomic E-state index is 13.1. The van der Waals surface area contributed by atoms with Crippen LogP contribution in [0.1, 0.15) is 44.8 Å². The normalized spacial score (nSPS) is 11.6. The molecule has 0 saturated carbocycles. The van der Waals surface area contributed by atoms with Crippen LogP contribution in [0.4, 0.5) is 10.2 Å². The van der Waals surface area contributed by atoms with Gasteiger partial charge in [0.05, 0.1) is 17.8 Å². The minimum Gasteiger partial charge on any atom is -0.478 e. The number of aromatic nitrogens is 1. The maximum Gasteiger partial charge on any atom is 0.335 e. The van der Waals surface area contributed by atoms with Crippen molar-refractivity contribution in [2.75, 3.05) is 11.9 Å². The summed E-state index contributed by atoms with van der Waals surface area (Å²) in [5.74, 6) is -1.18. The number of anilines is 1. The first-order valence-corrected chi connectivity index (χ1v) is 9.87. The van der Waals surface area contributed by atoms with E-state index in [1.807, 2.05) is 6.92 Å². The number of nitrogens with zero attached hydrogens (tertiary/aromatic N) is 2. The SMILES string of the molecule is C[C@H](NC(=O)c1cc(Cl)ccc1CN(C)c1ccc(F)cn1)c1ccc(C(=O)O)cc1. The number of carboxylic acids is 1. The molecule has 3 rings (SSSR count). The lowest BCUT2D eigenvalue weighted by Crippen LogP contribution is -2.29. The van der Waals surface area contributed by atoms with Crippen molar-refractivity contribution < 1.29 is 19.1 Å². The number of hydrogen-bond acceptors (Lipinski definition) is 4. The summed E-state index contributed by atoms with van der Waals surface area (Å²) in [6.45, 7) is 2.17. The van der Waals surface area contributed by atoms with Crippen LogP contribution in [0.15, 0.2) is 60.8 Å². The number of hydrogen-bond donors (Lipinski definition) is 2. The minimum atomic E-state index is -1.01. The smallest absolute Gasteiger partial charge is 0.335 e. The lowest BCUT2D eigenvalue weighted by Gasteiger charge is -2.21. The van der Waals surface area contributed by atoms with Crippen LogP contribution in [0.5, 0.6) is 0 Å². The predicted molar refractivity (Wildman–Crippen MR) is 117 cm³/mol. The van der Waals surface area contributed by atoms with Gasteiger partial charge in [0.1, 0.15) is 11.6 Å². The van der Waals surface area contributed by atoms with E-state index >= 15 is 0 Å². The summed E-state index contributed by atoms with van der Waals surface area (Å²) < 4.78 is 13.1. The molecular weight excluding hydrogens is 421 g/mol. The average Bonchev–Trinajstić information content (AvgIpc) is 2.75. The van der Waals surface area contributed by atoms with Crippen LogP contribution in [-0.4, -0.2) is 29.0 Å². The van der Waals surface area contributed by atoms with Crippen LogP contribution >= 0.6 is 11.6 Å². The molecule has 3 aromatic rings. The summed E-state index contributed by atoms with van der Waals surface area (Å²) in [5, 5.41) is 12.4. The molecule has 2 aromatic carbocycles. The number of aromatic carboxylic acids is 1. The highest BCUT2D eigenvalue weighted by atomic mass is 35.5. The molecule has 0 fully saturated rings. The Morgan fingerprint density at radius 3 is 2.48 bits per heavy atom. The van der Waals surface area contributed by atoms with Crippen molar-refractivity contribution in [2.45, 2.75) is 19.5 Å². The van der Waals surface area contributed by atoms with E-state index in [1.165, 1.54) is 18.2 Å². The summed E-state index contributed by atoms with van der Waals surface area (Å²) in [6.07, 6.45) is 1.14. The molecule has 0 radical (unpaired) electrons. The Morgan fingerprint density at radius 2 is 1.87 bits per heavy atom. The van der Waals surface area contributed by atoms with E-state index in [9.17, 15) is 14.0 Å². The van der Waals surface area contributed by atoms with E-state index in [-0.39, 0.29) is 17.5 Å². The molecule has 1 atom stereocenters. The Hall–Kier alpha value is -3.45. The molecule has 0 spiro atoms. The second-order valence-electron chi connectivity index (χ2n) is 7.11. The molecule has 0 unspecified atom stereocenters. The number of carbonyl (C=O) groups excluding carboxylic acids is 1. The average molecular weight is 442 g/mol. The van der Waals surface area contributed by atoms with E-state index in [2.05, 4.69) is 10.3 Å². The number of pyridine rings is 1. The van der Waals surface area contributed by atoms with Crippen LogP contribution in [0.25, 0.3) is 0 Å². The van der Waals surface area contributed by atoms with Gasteiger partial charge in [-0.3, -0.25) is 4.79 Å². The number of rotatable bonds is 7. The zero-order valence-electron chi connectivity index (χ0n) is 17.0. The fourth-order valence-corrected chi connectivity index (χ4v) is 3.27. The van der Waals surface area contributed by atoms with Crippen LogP contribution < -0.4 is 10.2 Å². The molecule has 8 heteroatoms. The number of benzene rings is 2. The van der Waals surface area contributed by atoms with Gasteiger partial charge in [0.15, 0.2) is 0 Å². The highest BCUT2D eigenvalue weighted by Crippen LogP contribution is 2.21. The van der Waals surface area contributed by atoms with Crippen molar-refractivity contribution in [2.24, 2.45) is 0 Å². The van der Waals surface area contributed by atoms with Gasteiger partial charge in [-0.25, -0.2) is 14.2 Å². The Morgan fingerprint density at radius 1 is 1.16 bits per heavy atom. The Kier molecular flexibility index (Phi) is 6.87. The van der Waals surface area contributed by atoms with Gasteiger partial charge >= 0.3 is 5.97 Å². The quantitative estimate of drug-likeness (QED) is 0.555. The molecule has 0 aliphatic heterocycles. The van der Waals surface area contributed by atoms with Gasteiger partial charge in [-0.05, 0) is 54.4 Å². The summed E-state index contributed by atoms with van der Waals surface area (Å²) in [5.41, 5.74) is 2.09. The second-order valence-corrected chi connectivity index (χ2v) is 7.55. The molecule has 0 saturated heterocycles. The first-order valence-electron chi connectivity index (χ1n) is 9.50. The summed E-state index contributed by atoms with van der Waals surface area (Å²) in [6, 6.07) is 13.9. The molecule has 0 bridgehead atoms. The van der Waals surface area contributed by atoms with Crippen molar-refractivity contribution >= 4 is 29.3 Å². The third kappa shape index (κ3) is 5.58. The number of amides is 1. The molecule has 1 heterocycles. The minimum absolute atomic E-state index is 0.178. The molecule has 6 nitrogen and oxygen atoms in total. The third-order valence-electron chi connectivity index (χ3n) is 4.83. The second kappa shape index (κ2) is 9.57. The molecule has 2 N–H and O–H groups in total.